The van der Waals surface area contributed by atoms with Gasteiger partial charge >= 0.3 is 0 Å². The molecule has 0 aromatic rings. The summed E-state index contributed by atoms with van der Waals surface area (Å²) in [5.74, 6) is 0. The summed E-state index contributed by atoms with van der Waals surface area (Å²) in [6, 6.07) is 0. The zero-order valence-electron chi connectivity index (χ0n) is 5.41. The molecule has 1 heterocycles. The Morgan fingerprint density at radius 1 is 1.75 bits per heavy atom. The molecule has 0 atom stereocenters. The van der Waals surface area contributed by atoms with Crippen LogP contribution in [0, 0.1) is 0 Å². The highest BCUT2D eigenvalue weighted by Gasteiger charge is 1.97. The molecule has 1 aliphatic rings. The lowest BCUT2D eigenvalue weighted by molar-refractivity contribution is 0.687. The minimum absolute atomic E-state index is 1.12. The maximum absolute atomic E-state index is 3.32. The first kappa shape index (κ1) is 5.83. The second-order valence-electron chi connectivity index (χ2n) is 2.18. The fourth-order valence-electron chi connectivity index (χ4n) is 0.969. The third kappa shape index (κ3) is 1.34. The van der Waals surface area contributed by atoms with Gasteiger partial charge in [0.2, 0.25) is 0 Å². The van der Waals surface area contributed by atoms with E-state index in [9.17, 15) is 0 Å². The number of rotatable bonds is 1. The number of nitrogens with one attached hydrogen (secondary N) is 1. The van der Waals surface area contributed by atoms with Gasteiger partial charge in [0.05, 0.1) is 0 Å². The number of hydrogen-bond acceptors (Lipinski definition) is 1. The van der Waals surface area contributed by atoms with E-state index in [0.717, 1.165) is 6.54 Å². The van der Waals surface area contributed by atoms with Gasteiger partial charge < -0.3 is 5.32 Å². The van der Waals surface area contributed by atoms with Crippen molar-refractivity contribution in [1.29, 1.82) is 0 Å². The Labute approximate surface area is 50.8 Å². The van der Waals surface area contributed by atoms with E-state index in [1.165, 1.54) is 19.4 Å². The van der Waals surface area contributed by atoms with Gasteiger partial charge in [0, 0.05) is 6.54 Å². The van der Waals surface area contributed by atoms with Gasteiger partial charge in [0.25, 0.3) is 0 Å². The molecule has 0 radical (unpaired) electrons. The summed E-state index contributed by atoms with van der Waals surface area (Å²) in [7, 11) is 0. The predicted octanol–water partition coefficient (Wildman–Crippen LogP) is 1.32. The van der Waals surface area contributed by atoms with Gasteiger partial charge in [-0.1, -0.05) is 18.6 Å². The lowest BCUT2D eigenvalue weighted by atomic mass is 10.1. The van der Waals surface area contributed by atoms with Crippen LogP contribution < -0.4 is 5.32 Å². The summed E-state index contributed by atoms with van der Waals surface area (Å²) in [6.07, 6.45) is 4.78. The third-order valence-corrected chi connectivity index (χ3v) is 1.56. The van der Waals surface area contributed by atoms with Crippen molar-refractivity contribution in [3.63, 3.8) is 0 Å². The van der Waals surface area contributed by atoms with Crippen molar-refractivity contribution >= 4 is 0 Å². The zero-order chi connectivity index (χ0) is 5.82. The molecule has 8 heavy (non-hydrogen) atoms. The minimum Gasteiger partial charge on any atom is -0.313 e. The van der Waals surface area contributed by atoms with E-state index in [2.05, 4.69) is 18.3 Å². The quantitative estimate of drug-likeness (QED) is 0.503. The summed E-state index contributed by atoms with van der Waals surface area (Å²) < 4.78 is 0. The van der Waals surface area contributed by atoms with Gasteiger partial charge in [-0.3, -0.25) is 0 Å². The molecule has 0 aromatic carbocycles. The summed E-state index contributed by atoms with van der Waals surface area (Å²) >= 11 is 0. The molecule has 0 amide bonds. The van der Waals surface area contributed by atoms with E-state index in [-0.39, 0.29) is 0 Å². The summed E-state index contributed by atoms with van der Waals surface area (Å²) in [6.45, 7) is 4.50. The highest BCUT2D eigenvalue weighted by atomic mass is 14.9. The van der Waals surface area contributed by atoms with E-state index in [4.69, 9.17) is 0 Å². The second-order valence-corrected chi connectivity index (χ2v) is 2.18. The first-order valence-electron chi connectivity index (χ1n) is 3.32. The minimum atomic E-state index is 1.12. The lowest BCUT2D eigenvalue weighted by Gasteiger charge is -2.11. The maximum atomic E-state index is 3.32. The van der Waals surface area contributed by atoms with Crippen LogP contribution in [0.1, 0.15) is 19.8 Å². The standard InChI is InChI=1S/C7H13N/c1-2-7-4-3-5-8-6-7/h4,8H,2-3,5-6H2,1H3. The molecular weight excluding hydrogens is 98.1 g/mol. The molecule has 1 N–H and O–H groups in total. The topological polar surface area (TPSA) is 12.0 Å². The van der Waals surface area contributed by atoms with Crippen LogP contribution in [-0.4, -0.2) is 13.1 Å². The van der Waals surface area contributed by atoms with Gasteiger partial charge in [-0.05, 0) is 19.4 Å². The van der Waals surface area contributed by atoms with Crippen LogP contribution in [-0.2, 0) is 0 Å². The lowest BCUT2D eigenvalue weighted by Crippen LogP contribution is -2.21. The Morgan fingerprint density at radius 3 is 3.00 bits per heavy atom. The Kier molecular flexibility index (Phi) is 2.10. The number of hydrogen-bond donors (Lipinski definition) is 1. The Balaban J connectivity index is 2.37. The Morgan fingerprint density at radius 2 is 2.62 bits per heavy atom. The molecule has 0 saturated heterocycles. The van der Waals surface area contributed by atoms with E-state index >= 15 is 0 Å². The van der Waals surface area contributed by atoms with Gasteiger partial charge in [0.15, 0.2) is 0 Å². The molecule has 0 bridgehead atoms. The molecular formula is C7H13N. The highest BCUT2D eigenvalue weighted by Crippen LogP contribution is 2.03. The van der Waals surface area contributed by atoms with Crippen molar-refractivity contribution in [1.82, 2.24) is 5.32 Å². The van der Waals surface area contributed by atoms with Crippen molar-refractivity contribution in [3.05, 3.63) is 11.6 Å². The van der Waals surface area contributed by atoms with Crippen LogP contribution >= 0.6 is 0 Å². The van der Waals surface area contributed by atoms with E-state index in [1.807, 2.05) is 0 Å². The normalized spacial score (nSPS) is 20.4. The summed E-state index contributed by atoms with van der Waals surface area (Å²) in [5.41, 5.74) is 1.57. The van der Waals surface area contributed by atoms with Crippen LogP contribution in [0.3, 0.4) is 0 Å². The van der Waals surface area contributed by atoms with Crippen molar-refractivity contribution < 1.29 is 0 Å². The van der Waals surface area contributed by atoms with Crippen molar-refractivity contribution in [2.24, 2.45) is 0 Å². The zero-order valence-corrected chi connectivity index (χ0v) is 5.41. The van der Waals surface area contributed by atoms with Gasteiger partial charge in [-0.2, -0.15) is 0 Å². The maximum Gasteiger partial charge on any atom is 0.0164 e. The van der Waals surface area contributed by atoms with E-state index in [0.29, 0.717) is 0 Å². The van der Waals surface area contributed by atoms with Crippen molar-refractivity contribution in [2.75, 3.05) is 13.1 Å². The molecule has 0 aliphatic carbocycles. The molecule has 0 aromatic heterocycles. The predicted molar refractivity (Wildman–Crippen MR) is 35.9 cm³/mol. The molecule has 1 nitrogen and oxygen atoms in total. The summed E-state index contributed by atoms with van der Waals surface area (Å²) in [4.78, 5) is 0. The molecule has 0 spiro atoms. The fraction of sp³-hybridized carbons (Fsp3) is 0.714. The largest absolute Gasteiger partial charge is 0.313 e. The molecule has 0 saturated carbocycles. The summed E-state index contributed by atoms with van der Waals surface area (Å²) in [5, 5.41) is 3.32. The van der Waals surface area contributed by atoms with Crippen molar-refractivity contribution in [3.8, 4) is 0 Å². The molecule has 1 rings (SSSR count). The van der Waals surface area contributed by atoms with Gasteiger partial charge in [-0.25, -0.2) is 0 Å². The van der Waals surface area contributed by atoms with Gasteiger partial charge in [-0.15, -0.1) is 0 Å². The average molecular weight is 111 g/mol. The molecule has 46 valence electrons. The molecule has 1 aliphatic heterocycles. The smallest absolute Gasteiger partial charge is 0.0164 e. The fourth-order valence-corrected chi connectivity index (χ4v) is 0.969. The van der Waals surface area contributed by atoms with E-state index < -0.39 is 0 Å². The van der Waals surface area contributed by atoms with Gasteiger partial charge in [0.1, 0.15) is 0 Å². The van der Waals surface area contributed by atoms with E-state index in [1.54, 1.807) is 5.57 Å². The van der Waals surface area contributed by atoms with Crippen LogP contribution in [0.2, 0.25) is 0 Å². The average Bonchev–Trinajstić information content (AvgIpc) is 1.90. The SMILES string of the molecule is CCC1=CCCNC1. The first-order chi connectivity index (χ1) is 3.93. The highest BCUT2D eigenvalue weighted by molar-refractivity contribution is 5.06. The second kappa shape index (κ2) is 2.88. The van der Waals surface area contributed by atoms with Crippen LogP contribution in [0.25, 0.3) is 0 Å². The van der Waals surface area contributed by atoms with Crippen LogP contribution in [0.15, 0.2) is 11.6 Å². The first-order valence-corrected chi connectivity index (χ1v) is 3.32. The van der Waals surface area contributed by atoms with Crippen molar-refractivity contribution in [2.45, 2.75) is 19.8 Å². The van der Waals surface area contributed by atoms with Crippen LogP contribution in [0.4, 0.5) is 0 Å². The molecule has 0 unspecified atom stereocenters. The monoisotopic (exact) mass is 111 g/mol. The van der Waals surface area contributed by atoms with Crippen LogP contribution in [0.5, 0.6) is 0 Å². The third-order valence-electron chi connectivity index (χ3n) is 1.56. The molecule has 1 heteroatoms. The Hall–Kier alpha value is -0.300. The molecule has 0 fully saturated rings. The Bertz CT molecular complexity index is 94.6.